The second kappa shape index (κ2) is 4.59. The van der Waals surface area contributed by atoms with Gasteiger partial charge in [0.25, 0.3) is 0 Å². The van der Waals surface area contributed by atoms with Gasteiger partial charge in [-0.25, -0.2) is 4.98 Å². The number of para-hydroxylation sites is 1. The number of carbonyl (C=O) groups is 1. The summed E-state index contributed by atoms with van der Waals surface area (Å²) in [5, 5.41) is 3.26. The van der Waals surface area contributed by atoms with E-state index in [1.807, 2.05) is 24.3 Å². The lowest BCUT2D eigenvalue weighted by molar-refractivity contribution is -0.117. The van der Waals surface area contributed by atoms with Gasteiger partial charge in [-0.1, -0.05) is 41.1 Å². The van der Waals surface area contributed by atoms with Crippen molar-refractivity contribution in [2.24, 2.45) is 0 Å². The van der Waals surface area contributed by atoms with E-state index in [4.69, 9.17) is 16.3 Å². The molecule has 0 radical (unpaired) electrons. The minimum absolute atomic E-state index is 0.119. The van der Waals surface area contributed by atoms with E-state index in [2.05, 4.69) is 10.3 Å². The maximum absolute atomic E-state index is 12.1. The van der Waals surface area contributed by atoms with Crippen LogP contribution in [0.15, 0.2) is 30.5 Å². The first kappa shape index (κ1) is 11.5. The number of hydrogen-bond donors (Lipinski definition) is 1. The molecular weight excluding hydrogens is 272 g/mol. The van der Waals surface area contributed by atoms with E-state index in [0.717, 1.165) is 11.3 Å². The number of thiazole rings is 1. The number of fused-ring (bicyclic) bond motifs is 1. The quantitative estimate of drug-likeness (QED) is 0.920. The number of rotatable bonds is 2. The van der Waals surface area contributed by atoms with Gasteiger partial charge >= 0.3 is 0 Å². The number of benzene rings is 1. The Hall–Kier alpha value is -1.59. The van der Waals surface area contributed by atoms with Crippen molar-refractivity contribution in [3.8, 4) is 5.75 Å². The molecule has 3 rings (SSSR count). The molecule has 2 heterocycles. The fraction of sp³-hybridized carbons (Fsp3) is 0.167. The van der Waals surface area contributed by atoms with Crippen molar-refractivity contribution in [2.75, 3.05) is 11.9 Å². The highest BCUT2D eigenvalue weighted by Gasteiger charge is 2.30. The Bertz CT molecular complexity index is 599. The number of ether oxygens (including phenoxy) is 1. The van der Waals surface area contributed by atoms with E-state index >= 15 is 0 Å². The Morgan fingerprint density at radius 3 is 3.11 bits per heavy atom. The fourth-order valence-electron chi connectivity index (χ4n) is 1.88. The molecule has 0 aliphatic carbocycles. The van der Waals surface area contributed by atoms with Crippen LogP contribution in [0.4, 0.5) is 5.13 Å². The lowest BCUT2D eigenvalue weighted by Crippen LogP contribution is -2.22. The summed E-state index contributed by atoms with van der Waals surface area (Å²) in [5.74, 6) is 0.365. The zero-order chi connectivity index (χ0) is 12.5. The Balaban J connectivity index is 1.78. The van der Waals surface area contributed by atoms with Crippen LogP contribution in [-0.2, 0) is 4.79 Å². The summed E-state index contributed by atoms with van der Waals surface area (Å²) in [6, 6.07) is 7.55. The highest BCUT2D eigenvalue weighted by Crippen LogP contribution is 2.34. The molecule has 0 bridgehead atoms. The normalized spacial score (nSPS) is 17.1. The zero-order valence-electron chi connectivity index (χ0n) is 9.22. The maximum atomic E-state index is 12.1. The molecule has 1 amide bonds. The highest BCUT2D eigenvalue weighted by atomic mass is 35.5. The van der Waals surface area contributed by atoms with Crippen LogP contribution in [0.1, 0.15) is 11.5 Å². The van der Waals surface area contributed by atoms with E-state index in [1.54, 1.807) is 0 Å². The number of amides is 1. The smallest absolute Gasteiger partial charge is 0.237 e. The Labute approximate surface area is 113 Å². The van der Waals surface area contributed by atoms with Crippen molar-refractivity contribution in [3.63, 3.8) is 0 Å². The van der Waals surface area contributed by atoms with Crippen molar-refractivity contribution < 1.29 is 9.53 Å². The Morgan fingerprint density at radius 1 is 1.50 bits per heavy atom. The van der Waals surface area contributed by atoms with E-state index < -0.39 is 0 Å². The number of nitrogens with zero attached hydrogens (tertiary/aromatic N) is 1. The predicted octanol–water partition coefficient (Wildman–Crippen LogP) is 2.91. The second-order valence-electron chi connectivity index (χ2n) is 3.86. The van der Waals surface area contributed by atoms with Crippen LogP contribution in [0.3, 0.4) is 0 Å². The molecule has 1 aliphatic rings. The van der Waals surface area contributed by atoms with Crippen molar-refractivity contribution >= 4 is 34.0 Å². The van der Waals surface area contributed by atoms with Gasteiger partial charge in [-0.3, -0.25) is 4.79 Å². The summed E-state index contributed by atoms with van der Waals surface area (Å²) in [7, 11) is 0. The van der Waals surface area contributed by atoms with Crippen LogP contribution in [0.25, 0.3) is 0 Å². The first-order valence-electron chi connectivity index (χ1n) is 5.38. The molecule has 4 nitrogen and oxygen atoms in total. The highest BCUT2D eigenvalue weighted by molar-refractivity contribution is 7.19. The lowest BCUT2D eigenvalue weighted by Gasteiger charge is -2.07. The molecule has 1 unspecified atom stereocenters. The fourth-order valence-corrected chi connectivity index (χ4v) is 2.70. The number of carbonyl (C=O) groups excluding carboxylic acids is 1. The van der Waals surface area contributed by atoms with Crippen LogP contribution in [-0.4, -0.2) is 17.5 Å². The van der Waals surface area contributed by atoms with Gasteiger partial charge in [0.2, 0.25) is 5.91 Å². The van der Waals surface area contributed by atoms with Gasteiger partial charge in [0, 0.05) is 5.56 Å². The van der Waals surface area contributed by atoms with Crippen molar-refractivity contribution in [2.45, 2.75) is 5.92 Å². The SMILES string of the molecule is O=C(Nc1ncc(Cl)s1)C1COc2ccccc21. The molecule has 1 aromatic heterocycles. The standard InChI is InChI=1S/C12H9ClN2O2S/c13-10-5-14-12(18-10)15-11(16)8-6-17-9-4-2-1-3-7(8)9/h1-5,8H,6H2,(H,14,15,16). The number of aromatic nitrogens is 1. The topological polar surface area (TPSA) is 51.2 Å². The number of nitrogens with one attached hydrogen (secondary N) is 1. The van der Waals surface area contributed by atoms with Gasteiger partial charge in [0.15, 0.2) is 5.13 Å². The predicted molar refractivity (Wildman–Crippen MR) is 70.4 cm³/mol. The van der Waals surface area contributed by atoms with E-state index in [0.29, 0.717) is 16.1 Å². The van der Waals surface area contributed by atoms with E-state index in [9.17, 15) is 4.79 Å². The summed E-state index contributed by atoms with van der Waals surface area (Å²) in [6.45, 7) is 0.365. The van der Waals surface area contributed by atoms with E-state index in [1.165, 1.54) is 17.5 Å². The van der Waals surface area contributed by atoms with Crippen LogP contribution >= 0.6 is 22.9 Å². The zero-order valence-corrected chi connectivity index (χ0v) is 10.8. The van der Waals surface area contributed by atoms with Gasteiger partial charge in [-0.15, -0.1) is 0 Å². The molecule has 92 valence electrons. The summed E-state index contributed by atoms with van der Waals surface area (Å²) in [5.41, 5.74) is 0.914. The number of anilines is 1. The maximum Gasteiger partial charge on any atom is 0.237 e. The molecule has 2 aromatic rings. The monoisotopic (exact) mass is 280 g/mol. The second-order valence-corrected chi connectivity index (χ2v) is 5.52. The molecule has 18 heavy (non-hydrogen) atoms. The Kier molecular flexibility index (Phi) is 2.93. The summed E-state index contributed by atoms with van der Waals surface area (Å²) >= 11 is 7.00. The average molecular weight is 281 g/mol. The van der Waals surface area contributed by atoms with E-state index in [-0.39, 0.29) is 11.8 Å². The van der Waals surface area contributed by atoms with Gasteiger partial charge < -0.3 is 10.1 Å². The lowest BCUT2D eigenvalue weighted by atomic mass is 10.0. The molecular formula is C12H9ClN2O2S. The third kappa shape index (κ3) is 2.07. The van der Waals surface area contributed by atoms with Crippen LogP contribution in [0.5, 0.6) is 5.75 Å². The van der Waals surface area contributed by atoms with Crippen molar-refractivity contribution in [1.82, 2.24) is 4.98 Å². The van der Waals surface area contributed by atoms with Gasteiger partial charge in [0.05, 0.1) is 6.20 Å². The minimum atomic E-state index is -0.288. The van der Waals surface area contributed by atoms with Crippen LogP contribution in [0.2, 0.25) is 4.34 Å². The number of hydrogen-bond acceptors (Lipinski definition) is 4. The summed E-state index contributed by atoms with van der Waals surface area (Å²) in [6.07, 6.45) is 1.51. The first-order chi connectivity index (χ1) is 8.74. The Morgan fingerprint density at radius 2 is 2.33 bits per heavy atom. The number of halogens is 1. The minimum Gasteiger partial charge on any atom is -0.492 e. The molecule has 6 heteroatoms. The van der Waals surface area contributed by atoms with Crippen molar-refractivity contribution in [3.05, 3.63) is 40.4 Å². The molecule has 1 aromatic carbocycles. The van der Waals surface area contributed by atoms with Crippen LogP contribution < -0.4 is 10.1 Å². The summed E-state index contributed by atoms with van der Waals surface area (Å²) < 4.78 is 6.02. The molecule has 1 aliphatic heterocycles. The third-order valence-corrected chi connectivity index (χ3v) is 3.75. The molecule has 0 fully saturated rings. The molecule has 0 saturated carbocycles. The third-order valence-electron chi connectivity index (χ3n) is 2.72. The van der Waals surface area contributed by atoms with Gasteiger partial charge in [-0.2, -0.15) is 0 Å². The van der Waals surface area contributed by atoms with Gasteiger partial charge in [-0.05, 0) is 6.07 Å². The van der Waals surface area contributed by atoms with Gasteiger partial charge in [0.1, 0.15) is 22.6 Å². The van der Waals surface area contributed by atoms with Crippen LogP contribution in [0, 0.1) is 0 Å². The molecule has 0 saturated heterocycles. The average Bonchev–Trinajstić information content (AvgIpc) is 2.95. The first-order valence-corrected chi connectivity index (χ1v) is 6.57. The molecule has 1 N–H and O–H groups in total. The molecule has 1 atom stereocenters. The summed E-state index contributed by atoms with van der Waals surface area (Å²) in [4.78, 5) is 16.1. The van der Waals surface area contributed by atoms with Crippen molar-refractivity contribution in [1.29, 1.82) is 0 Å². The largest absolute Gasteiger partial charge is 0.492 e. The molecule has 0 spiro atoms.